The summed E-state index contributed by atoms with van der Waals surface area (Å²) in [5.41, 5.74) is 3.31. The minimum absolute atomic E-state index is 0.00311. The minimum Gasteiger partial charge on any atom is -0.460 e. The number of carbonyl (C=O) groups excluding carboxylic acids is 2. The van der Waals surface area contributed by atoms with E-state index in [1.807, 2.05) is 38.7 Å². The van der Waals surface area contributed by atoms with Crippen LogP contribution in [0.15, 0.2) is 36.5 Å². The van der Waals surface area contributed by atoms with Gasteiger partial charge in [-0.15, -0.1) is 0 Å². The quantitative estimate of drug-likeness (QED) is 0.298. The fourth-order valence-corrected chi connectivity index (χ4v) is 5.85. The smallest absolute Gasteiger partial charge is 0.309 e. The van der Waals surface area contributed by atoms with Crippen molar-refractivity contribution in [3.63, 3.8) is 0 Å². The van der Waals surface area contributed by atoms with Crippen LogP contribution in [0.2, 0.25) is 0 Å². The number of ether oxygens (including phenoxy) is 1. The van der Waals surface area contributed by atoms with Crippen molar-refractivity contribution >= 4 is 23.4 Å². The molecule has 41 heavy (non-hydrogen) atoms. The molecule has 6 unspecified atom stereocenters. The summed E-state index contributed by atoms with van der Waals surface area (Å²) in [6.45, 7) is 17.9. The maximum atomic E-state index is 12.8. The lowest BCUT2D eigenvalue weighted by atomic mass is 9.79. The molecule has 1 N–H and O–H groups in total. The molecular formula is C34H48N4O3. The van der Waals surface area contributed by atoms with Crippen LogP contribution >= 0.6 is 0 Å². The molecule has 6 atom stereocenters. The first-order chi connectivity index (χ1) is 19.3. The molecule has 1 aliphatic rings. The third-order valence-electron chi connectivity index (χ3n) is 8.59. The number of carbonyl (C=O) groups is 2. The molecule has 3 rings (SSSR count). The number of aromatic nitrogens is 1. The predicted molar refractivity (Wildman–Crippen MR) is 165 cm³/mol. The monoisotopic (exact) mass is 560 g/mol. The molecule has 0 bridgehead atoms. The van der Waals surface area contributed by atoms with Gasteiger partial charge in [-0.1, -0.05) is 46.2 Å². The Balaban J connectivity index is 1.91. The second-order valence-corrected chi connectivity index (χ2v) is 12.8. The van der Waals surface area contributed by atoms with Crippen LogP contribution < -0.4 is 10.2 Å². The number of nitrogens with zero attached hydrogens (tertiary/aromatic N) is 3. The van der Waals surface area contributed by atoms with E-state index in [-0.39, 0.29) is 41.7 Å². The number of hydrogen-bond donors (Lipinski definition) is 1. The van der Waals surface area contributed by atoms with Crippen molar-refractivity contribution in [2.45, 2.75) is 112 Å². The fourth-order valence-electron chi connectivity index (χ4n) is 5.85. The number of nitriles is 1. The van der Waals surface area contributed by atoms with Crippen LogP contribution in [0, 0.1) is 29.1 Å². The number of nitrogens with one attached hydrogen (secondary N) is 1. The number of pyridine rings is 1. The molecule has 222 valence electrons. The molecule has 7 heteroatoms. The van der Waals surface area contributed by atoms with Crippen LogP contribution in [-0.4, -0.2) is 28.5 Å². The van der Waals surface area contributed by atoms with Gasteiger partial charge in [0.1, 0.15) is 17.5 Å². The number of amides is 1. The molecule has 1 aliphatic heterocycles. The molecule has 2 heterocycles. The molecule has 1 amide bonds. The van der Waals surface area contributed by atoms with Crippen molar-refractivity contribution in [1.82, 2.24) is 4.98 Å². The Morgan fingerprint density at radius 3 is 2.39 bits per heavy atom. The average Bonchev–Trinajstić information content (AvgIpc) is 2.92. The molecular weight excluding hydrogens is 512 g/mol. The summed E-state index contributed by atoms with van der Waals surface area (Å²) >= 11 is 0. The van der Waals surface area contributed by atoms with E-state index in [2.05, 4.69) is 62.3 Å². The second kappa shape index (κ2) is 13.5. The second-order valence-electron chi connectivity index (χ2n) is 12.8. The Kier molecular flexibility index (Phi) is 10.6. The largest absolute Gasteiger partial charge is 0.460 e. The summed E-state index contributed by atoms with van der Waals surface area (Å²) in [6, 6.07) is 12.2. The van der Waals surface area contributed by atoms with Gasteiger partial charge in [-0.05, 0) is 88.1 Å². The maximum absolute atomic E-state index is 12.8. The minimum atomic E-state index is -0.487. The first-order valence-corrected chi connectivity index (χ1v) is 15.1. The predicted octanol–water partition coefficient (Wildman–Crippen LogP) is 7.78. The van der Waals surface area contributed by atoms with Crippen LogP contribution in [0.3, 0.4) is 0 Å². The van der Waals surface area contributed by atoms with Crippen molar-refractivity contribution in [1.29, 1.82) is 5.26 Å². The van der Waals surface area contributed by atoms with Gasteiger partial charge in [0, 0.05) is 30.8 Å². The molecule has 1 aromatic carbocycles. The van der Waals surface area contributed by atoms with Gasteiger partial charge >= 0.3 is 5.97 Å². The van der Waals surface area contributed by atoms with Gasteiger partial charge in [0.2, 0.25) is 5.91 Å². The Bertz CT molecular complexity index is 1240. The highest BCUT2D eigenvalue weighted by molar-refractivity contribution is 5.94. The van der Waals surface area contributed by atoms with Crippen molar-refractivity contribution in [3.8, 4) is 6.07 Å². The summed E-state index contributed by atoms with van der Waals surface area (Å²) in [6.07, 6.45) is 5.57. The molecule has 0 saturated heterocycles. The lowest BCUT2D eigenvalue weighted by molar-refractivity contribution is -0.161. The Morgan fingerprint density at radius 1 is 1.12 bits per heavy atom. The molecule has 0 fully saturated rings. The normalized spacial score (nSPS) is 20.8. The summed E-state index contributed by atoms with van der Waals surface area (Å²) in [4.78, 5) is 31.8. The van der Waals surface area contributed by atoms with Crippen LogP contribution in [-0.2, 0) is 14.3 Å². The Hall–Kier alpha value is -3.40. The number of benzene rings is 1. The molecule has 0 aliphatic carbocycles. The van der Waals surface area contributed by atoms with Crippen molar-refractivity contribution in [2.75, 3.05) is 10.2 Å². The zero-order chi connectivity index (χ0) is 30.5. The van der Waals surface area contributed by atoms with E-state index >= 15 is 0 Å². The zero-order valence-electron chi connectivity index (χ0n) is 26.3. The number of fused-ring (bicyclic) bond motifs is 1. The number of rotatable bonds is 10. The molecule has 0 spiro atoms. The van der Waals surface area contributed by atoms with E-state index in [0.717, 1.165) is 36.9 Å². The van der Waals surface area contributed by atoms with Crippen molar-refractivity contribution < 1.29 is 14.3 Å². The summed E-state index contributed by atoms with van der Waals surface area (Å²) < 4.78 is 5.64. The highest BCUT2D eigenvalue weighted by Gasteiger charge is 2.38. The van der Waals surface area contributed by atoms with Crippen molar-refractivity contribution in [2.24, 2.45) is 17.8 Å². The Labute approximate surface area is 246 Å². The average molecular weight is 561 g/mol. The van der Waals surface area contributed by atoms with E-state index < -0.39 is 5.60 Å². The van der Waals surface area contributed by atoms with E-state index in [1.165, 1.54) is 5.56 Å². The number of anilines is 2. The van der Waals surface area contributed by atoms with Crippen LogP contribution in [0.1, 0.15) is 117 Å². The topological polar surface area (TPSA) is 95.3 Å². The first kappa shape index (κ1) is 32.1. The highest BCUT2D eigenvalue weighted by atomic mass is 16.6. The zero-order valence-corrected chi connectivity index (χ0v) is 26.3. The van der Waals surface area contributed by atoms with Crippen LogP contribution in [0.4, 0.5) is 11.5 Å². The number of hydrogen-bond acceptors (Lipinski definition) is 6. The van der Waals surface area contributed by atoms with Gasteiger partial charge in [0.25, 0.3) is 0 Å². The summed E-state index contributed by atoms with van der Waals surface area (Å²) in [5.74, 6) is 1.10. The third kappa shape index (κ3) is 7.87. The Morgan fingerprint density at radius 2 is 1.83 bits per heavy atom. The van der Waals surface area contributed by atoms with E-state index in [1.54, 1.807) is 19.2 Å². The first-order valence-electron chi connectivity index (χ1n) is 15.1. The molecule has 0 radical (unpaired) electrons. The maximum Gasteiger partial charge on any atom is 0.309 e. The van der Waals surface area contributed by atoms with Gasteiger partial charge < -0.3 is 15.0 Å². The fraction of sp³-hybridized carbons (Fsp3) is 0.588. The lowest BCUT2D eigenvalue weighted by Gasteiger charge is -2.44. The molecule has 1 aromatic heterocycles. The van der Waals surface area contributed by atoms with E-state index in [9.17, 15) is 14.9 Å². The summed E-state index contributed by atoms with van der Waals surface area (Å²) in [5, 5.41) is 12.8. The van der Waals surface area contributed by atoms with Crippen molar-refractivity contribution in [3.05, 3.63) is 53.2 Å². The van der Waals surface area contributed by atoms with E-state index in [4.69, 9.17) is 4.74 Å². The molecule has 2 aromatic rings. The van der Waals surface area contributed by atoms with Gasteiger partial charge in [-0.3, -0.25) is 9.59 Å². The van der Waals surface area contributed by atoms with Gasteiger partial charge in [-0.25, -0.2) is 4.98 Å². The van der Waals surface area contributed by atoms with Gasteiger partial charge in [0.05, 0.1) is 17.5 Å². The standard InChI is InChI=1S/C34H48N4O3/c1-10-11-27(14-12-21(2)22(3)33(40)41-34(7,8)9)28-15-16-30-29(18-28)32(23(4)24(5)38(30)25(6)39)37-31-17-13-26(19-35)20-36-31/h13,15-18,20-24,27,32H,10-12,14H2,1-9H3,(H,36,37). The van der Waals surface area contributed by atoms with Gasteiger partial charge in [-0.2, -0.15) is 5.26 Å². The third-order valence-corrected chi connectivity index (χ3v) is 8.59. The van der Waals surface area contributed by atoms with Crippen LogP contribution in [0.5, 0.6) is 0 Å². The lowest BCUT2D eigenvalue weighted by Crippen LogP contribution is -2.48. The molecule has 7 nitrogen and oxygen atoms in total. The molecule has 0 saturated carbocycles. The van der Waals surface area contributed by atoms with Crippen LogP contribution in [0.25, 0.3) is 0 Å². The van der Waals surface area contributed by atoms with Gasteiger partial charge in [0.15, 0.2) is 0 Å². The highest BCUT2D eigenvalue weighted by Crippen LogP contribution is 2.44. The number of esters is 1. The summed E-state index contributed by atoms with van der Waals surface area (Å²) in [7, 11) is 0. The van der Waals surface area contributed by atoms with E-state index in [0.29, 0.717) is 17.3 Å². The SMILES string of the molecule is CCCC(CCC(C)C(C)C(=O)OC(C)(C)C)c1ccc2c(c1)C(Nc1ccc(C#N)cn1)C(C)C(C)N2C(C)=O.